The highest BCUT2D eigenvalue weighted by Gasteiger charge is 2.52. The van der Waals surface area contributed by atoms with Crippen molar-refractivity contribution in [2.24, 2.45) is 0 Å². The lowest BCUT2D eigenvalue weighted by molar-refractivity contribution is 0.149. The third-order valence-corrected chi connectivity index (χ3v) is 6.10. The number of hydrogen-bond acceptors (Lipinski definition) is 4. The molecule has 1 aliphatic heterocycles. The molecule has 0 aromatic rings. The van der Waals surface area contributed by atoms with Crippen molar-refractivity contribution in [2.75, 3.05) is 19.3 Å². The minimum absolute atomic E-state index is 0.493. The summed E-state index contributed by atoms with van der Waals surface area (Å²) in [5, 5.41) is 9.15. The molecule has 2 aliphatic rings. The van der Waals surface area contributed by atoms with Gasteiger partial charge in [-0.1, -0.05) is 12.8 Å². The Morgan fingerprint density at radius 1 is 1.17 bits per heavy atom. The second kappa shape index (κ2) is 5.18. The first-order valence-corrected chi connectivity index (χ1v) is 8.81. The SMILES string of the molecule is CS(=O)(=O)C1CCCC1(C#N)N1CCCCCC1. The molecule has 1 aliphatic carbocycles. The van der Waals surface area contributed by atoms with Gasteiger partial charge in [0.05, 0.1) is 11.3 Å². The maximum absolute atomic E-state index is 12.0. The molecule has 4 nitrogen and oxygen atoms in total. The van der Waals surface area contributed by atoms with E-state index in [0.29, 0.717) is 12.8 Å². The smallest absolute Gasteiger partial charge is 0.153 e. The predicted octanol–water partition coefficient (Wildman–Crippen LogP) is 1.72. The Kier molecular flexibility index (Phi) is 3.98. The highest BCUT2D eigenvalue weighted by Crippen LogP contribution is 2.40. The van der Waals surface area contributed by atoms with E-state index < -0.39 is 20.6 Å². The van der Waals surface area contributed by atoms with Gasteiger partial charge in [0.15, 0.2) is 9.84 Å². The molecule has 2 rings (SSSR count). The Morgan fingerprint density at radius 2 is 1.78 bits per heavy atom. The molecule has 1 heterocycles. The lowest BCUT2D eigenvalue weighted by atomic mass is 9.96. The van der Waals surface area contributed by atoms with Gasteiger partial charge in [0.25, 0.3) is 0 Å². The molecular weight excluding hydrogens is 248 g/mol. The van der Waals surface area contributed by atoms with Gasteiger partial charge in [0.1, 0.15) is 5.54 Å². The van der Waals surface area contributed by atoms with Crippen molar-refractivity contribution in [1.29, 1.82) is 5.26 Å². The molecule has 2 unspecified atom stereocenters. The summed E-state index contributed by atoms with van der Waals surface area (Å²) in [5.41, 5.74) is -0.752. The molecule has 2 fully saturated rings. The molecule has 0 bridgehead atoms. The third kappa shape index (κ3) is 2.41. The molecule has 18 heavy (non-hydrogen) atoms. The highest BCUT2D eigenvalue weighted by atomic mass is 32.2. The first kappa shape index (κ1) is 13.8. The van der Waals surface area contributed by atoms with Crippen LogP contribution in [0.2, 0.25) is 0 Å². The molecule has 5 heteroatoms. The summed E-state index contributed by atoms with van der Waals surface area (Å²) in [6.45, 7) is 1.75. The third-order valence-electron chi connectivity index (χ3n) is 4.44. The minimum atomic E-state index is -3.15. The van der Waals surface area contributed by atoms with Crippen molar-refractivity contribution in [3.8, 4) is 6.07 Å². The number of nitrogens with zero attached hydrogens (tertiary/aromatic N) is 2. The fourth-order valence-corrected chi connectivity index (χ4v) is 5.18. The van der Waals surface area contributed by atoms with E-state index in [9.17, 15) is 13.7 Å². The van der Waals surface area contributed by atoms with Crippen molar-refractivity contribution in [3.63, 3.8) is 0 Å². The van der Waals surface area contributed by atoms with Gasteiger partial charge < -0.3 is 0 Å². The molecule has 0 N–H and O–H groups in total. The lowest BCUT2D eigenvalue weighted by Crippen LogP contribution is -2.55. The van der Waals surface area contributed by atoms with Gasteiger partial charge in [0.2, 0.25) is 0 Å². The zero-order valence-electron chi connectivity index (χ0n) is 11.1. The van der Waals surface area contributed by atoms with Crippen LogP contribution < -0.4 is 0 Å². The Labute approximate surface area is 110 Å². The van der Waals surface area contributed by atoms with E-state index in [2.05, 4.69) is 11.0 Å². The van der Waals surface area contributed by atoms with Gasteiger partial charge in [-0.15, -0.1) is 0 Å². The Hall–Kier alpha value is -0.600. The van der Waals surface area contributed by atoms with Crippen molar-refractivity contribution in [3.05, 3.63) is 0 Å². The summed E-state index contributed by atoms with van der Waals surface area (Å²) >= 11 is 0. The van der Waals surface area contributed by atoms with Crippen LogP contribution in [-0.2, 0) is 9.84 Å². The maximum Gasteiger partial charge on any atom is 0.153 e. The molecule has 102 valence electrons. The van der Waals surface area contributed by atoms with Crippen LogP contribution in [0.4, 0.5) is 0 Å². The fraction of sp³-hybridized carbons (Fsp3) is 0.923. The van der Waals surface area contributed by atoms with Crippen LogP contribution in [-0.4, -0.2) is 43.5 Å². The second-order valence-electron chi connectivity index (χ2n) is 5.65. The zero-order chi connectivity index (χ0) is 13.2. The van der Waals surface area contributed by atoms with E-state index in [1.165, 1.54) is 19.1 Å². The van der Waals surface area contributed by atoms with Gasteiger partial charge in [-0.2, -0.15) is 5.26 Å². The quantitative estimate of drug-likeness (QED) is 0.766. The van der Waals surface area contributed by atoms with E-state index in [1.54, 1.807) is 0 Å². The van der Waals surface area contributed by atoms with E-state index in [4.69, 9.17) is 0 Å². The van der Waals surface area contributed by atoms with Crippen molar-refractivity contribution in [2.45, 2.75) is 55.7 Å². The van der Waals surface area contributed by atoms with Gasteiger partial charge in [-0.05, 0) is 45.2 Å². The van der Waals surface area contributed by atoms with Crippen molar-refractivity contribution < 1.29 is 8.42 Å². The maximum atomic E-state index is 12.0. The second-order valence-corrected chi connectivity index (χ2v) is 7.88. The van der Waals surface area contributed by atoms with Crippen molar-refractivity contribution in [1.82, 2.24) is 4.90 Å². The topological polar surface area (TPSA) is 61.2 Å². The van der Waals surface area contributed by atoms with E-state index in [-0.39, 0.29) is 0 Å². The first-order chi connectivity index (χ1) is 8.50. The number of nitriles is 1. The number of likely N-dealkylation sites (tertiary alicyclic amines) is 1. The molecule has 0 radical (unpaired) electrons. The van der Waals surface area contributed by atoms with Gasteiger partial charge in [0, 0.05) is 6.26 Å². The Morgan fingerprint density at radius 3 is 2.28 bits per heavy atom. The summed E-state index contributed by atoms with van der Waals surface area (Å²) in [4.78, 5) is 2.17. The highest BCUT2D eigenvalue weighted by molar-refractivity contribution is 7.91. The molecule has 0 aromatic heterocycles. The Balaban J connectivity index is 2.31. The zero-order valence-corrected chi connectivity index (χ0v) is 11.9. The van der Waals surface area contributed by atoms with Crippen LogP contribution in [0.25, 0.3) is 0 Å². The molecule has 1 saturated carbocycles. The first-order valence-electron chi connectivity index (χ1n) is 6.86. The van der Waals surface area contributed by atoms with Crippen LogP contribution in [0, 0.1) is 11.3 Å². The summed E-state index contributed by atoms with van der Waals surface area (Å²) in [5.74, 6) is 0. The summed E-state index contributed by atoms with van der Waals surface area (Å²) in [6.07, 6.45) is 8.04. The summed E-state index contributed by atoms with van der Waals surface area (Å²) < 4.78 is 23.9. The molecule has 2 atom stereocenters. The number of hydrogen-bond donors (Lipinski definition) is 0. The predicted molar refractivity (Wildman–Crippen MR) is 70.9 cm³/mol. The van der Waals surface area contributed by atoms with Crippen molar-refractivity contribution >= 4 is 9.84 Å². The van der Waals surface area contributed by atoms with E-state index in [1.807, 2.05) is 0 Å². The van der Waals surface area contributed by atoms with Crippen LogP contribution >= 0.6 is 0 Å². The van der Waals surface area contributed by atoms with Gasteiger partial charge in [-0.3, -0.25) is 4.90 Å². The molecular formula is C13H22N2O2S. The number of sulfone groups is 1. The average molecular weight is 270 g/mol. The van der Waals surface area contributed by atoms with Crippen LogP contribution in [0.3, 0.4) is 0 Å². The van der Waals surface area contributed by atoms with Crippen LogP contribution in [0.5, 0.6) is 0 Å². The largest absolute Gasteiger partial charge is 0.284 e. The van der Waals surface area contributed by atoms with Crippen LogP contribution in [0.1, 0.15) is 44.9 Å². The molecule has 1 saturated heterocycles. The monoisotopic (exact) mass is 270 g/mol. The van der Waals surface area contributed by atoms with E-state index in [0.717, 1.165) is 32.4 Å². The molecule has 0 aromatic carbocycles. The van der Waals surface area contributed by atoms with Gasteiger partial charge >= 0.3 is 0 Å². The summed E-state index contributed by atoms with van der Waals surface area (Å²) in [6, 6.07) is 2.38. The standard InChI is InChI=1S/C13H22N2O2S/c1-18(16,17)12-7-6-8-13(12,11-14)15-9-4-2-3-5-10-15/h12H,2-10H2,1H3. The lowest BCUT2D eigenvalue weighted by Gasteiger charge is -2.38. The average Bonchev–Trinajstić information content (AvgIpc) is 2.58. The van der Waals surface area contributed by atoms with Gasteiger partial charge in [-0.25, -0.2) is 8.42 Å². The Bertz CT molecular complexity index is 432. The normalized spacial score (nSPS) is 35.0. The fourth-order valence-electron chi connectivity index (χ4n) is 3.56. The minimum Gasteiger partial charge on any atom is -0.284 e. The van der Waals surface area contributed by atoms with E-state index >= 15 is 0 Å². The molecule has 0 spiro atoms. The molecule has 0 amide bonds. The summed E-state index contributed by atoms with van der Waals surface area (Å²) in [7, 11) is -3.15. The number of rotatable bonds is 2. The van der Waals surface area contributed by atoms with Crippen LogP contribution in [0.15, 0.2) is 0 Å².